The highest BCUT2D eigenvalue weighted by molar-refractivity contribution is 5.29. The Labute approximate surface area is 129 Å². The van der Waals surface area contributed by atoms with Crippen molar-refractivity contribution in [3.05, 3.63) is 29.8 Å². The number of benzene rings is 1. The topological polar surface area (TPSA) is 24.5 Å². The van der Waals surface area contributed by atoms with Gasteiger partial charge in [-0.1, -0.05) is 26.0 Å². The van der Waals surface area contributed by atoms with Crippen molar-refractivity contribution in [1.29, 1.82) is 0 Å². The van der Waals surface area contributed by atoms with E-state index in [1.54, 1.807) is 7.11 Å². The van der Waals surface area contributed by atoms with Gasteiger partial charge in [0.05, 0.1) is 7.11 Å². The molecule has 3 unspecified atom stereocenters. The van der Waals surface area contributed by atoms with Crippen molar-refractivity contribution in [2.24, 2.45) is 11.8 Å². The summed E-state index contributed by atoms with van der Waals surface area (Å²) in [6.07, 6.45) is 1.33. The molecule has 3 atom stereocenters. The molecule has 0 radical (unpaired) electrons. The summed E-state index contributed by atoms with van der Waals surface area (Å²) >= 11 is 0. The maximum Gasteiger partial charge on any atom is 0.118 e. The Hall–Kier alpha value is -1.06. The lowest BCUT2D eigenvalue weighted by Gasteiger charge is -2.32. The molecule has 1 aromatic carbocycles. The standard InChI is InChI=1S/C18H30N2O/c1-13(2)16-10-11-20(12-16)14(3)18(19-4)15-6-8-17(21-5)9-7-15/h6-9,13-14,16,18-19H,10-12H2,1-5H3. The summed E-state index contributed by atoms with van der Waals surface area (Å²) < 4.78 is 5.25. The second kappa shape index (κ2) is 7.28. The second-order valence-electron chi connectivity index (χ2n) is 6.57. The molecule has 118 valence electrons. The molecule has 3 nitrogen and oxygen atoms in total. The van der Waals surface area contributed by atoms with Crippen molar-refractivity contribution in [3.8, 4) is 5.75 Å². The third kappa shape index (κ3) is 3.78. The Morgan fingerprint density at radius 1 is 1.19 bits per heavy atom. The van der Waals surface area contributed by atoms with E-state index in [9.17, 15) is 0 Å². The molecular formula is C18H30N2O. The van der Waals surface area contributed by atoms with E-state index in [0.29, 0.717) is 12.1 Å². The zero-order chi connectivity index (χ0) is 15.4. The lowest BCUT2D eigenvalue weighted by atomic mass is 9.95. The van der Waals surface area contributed by atoms with Crippen LogP contribution in [0.2, 0.25) is 0 Å². The number of likely N-dealkylation sites (tertiary alicyclic amines) is 1. The molecule has 3 heteroatoms. The molecule has 1 aliphatic rings. The average molecular weight is 290 g/mol. The average Bonchev–Trinajstić information content (AvgIpc) is 2.98. The Kier molecular flexibility index (Phi) is 5.65. The molecule has 1 fully saturated rings. The van der Waals surface area contributed by atoms with Crippen LogP contribution in [-0.2, 0) is 0 Å². The first-order chi connectivity index (χ1) is 10.1. The summed E-state index contributed by atoms with van der Waals surface area (Å²) in [5.74, 6) is 2.55. The Balaban J connectivity index is 2.06. The fourth-order valence-corrected chi connectivity index (χ4v) is 3.44. The first kappa shape index (κ1) is 16.3. The van der Waals surface area contributed by atoms with Gasteiger partial charge in [-0.05, 0) is 56.5 Å². The summed E-state index contributed by atoms with van der Waals surface area (Å²) in [7, 11) is 3.77. The summed E-state index contributed by atoms with van der Waals surface area (Å²) in [5.41, 5.74) is 1.33. The van der Waals surface area contributed by atoms with Gasteiger partial charge in [-0.3, -0.25) is 4.90 Å². The minimum Gasteiger partial charge on any atom is -0.497 e. The number of nitrogens with one attached hydrogen (secondary N) is 1. The van der Waals surface area contributed by atoms with E-state index in [1.165, 1.54) is 25.1 Å². The maximum absolute atomic E-state index is 5.25. The molecule has 21 heavy (non-hydrogen) atoms. The van der Waals surface area contributed by atoms with E-state index in [0.717, 1.165) is 17.6 Å². The minimum absolute atomic E-state index is 0.363. The van der Waals surface area contributed by atoms with Crippen LogP contribution in [0.4, 0.5) is 0 Å². The predicted octanol–water partition coefficient (Wildman–Crippen LogP) is 3.32. The van der Waals surface area contributed by atoms with Gasteiger partial charge < -0.3 is 10.1 Å². The first-order valence-electron chi connectivity index (χ1n) is 8.12. The highest BCUT2D eigenvalue weighted by atomic mass is 16.5. The molecule has 1 N–H and O–H groups in total. The largest absolute Gasteiger partial charge is 0.497 e. The monoisotopic (exact) mass is 290 g/mol. The summed E-state index contributed by atoms with van der Waals surface area (Å²) in [6.45, 7) is 9.48. The smallest absolute Gasteiger partial charge is 0.118 e. The molecule has 0 spiro atoms. The molecular weight excluding hydrogens is 260 g/mol. The summed E-state index contributed by atoms with van der Waals surface area (Å²) in [4.78, 5) is 2.63. The van der Waals surface area contributed by atoms with E-state index < -0.39 is 0 Å². The van der Waals surface area contributed by atoms with Gasteiger partial charge in [0.2, 0.25) is 0 Å². The van der Waals surface area contributed by atoms with Crippen molar-refractivity contribution in [1.82, 2.24) is 10.2 Å². The number of methoxy groups -OCH3 is 1. The molecule has 1 heterocycles. The van der Waals surface area contributed by atoms with Crippen molar-refractivity contribution in [2.45, 2.75) is 39.3 Å². The van der Waals surface area contributed by atoms with Crippen molar-refractivity contribution in [3.63, 3.8) is 0 Å². The molecule has 1 aromatic rings. The molecule has 0 bridgehead atoms. The van der Waals surface area contributed by atoms with Gasteiger partial charge >= 0.3 is 0 Å². The van der Waals surface area contributed by atoms with Crippen LogP contribution in [0.1, 0.15) is 38.8 Å². The van der Waals surface area contributed by atoms with Gasteiger partial charge in [0.25, 0.3) is 0 Å². The Morgan fingerprint density at radius 2 is 1.86 bits per heavy atom. The van der Waals surface area contributed by atoms with Gasteiger partial charge in [-0.2, -0.15) is 0 Å². The van der Waals surface area contributed by atoms with Gasteiger partial charge in [0, 0.05) is 18.6 Å². The fourth-order valence-electron chi connectivity index (χ4n) is 3.44. The van der Waals surface area contributed by atoms with Gasteiger partial charge in [-0.15, -0.1) is 0 Å². The molecule has 0 aromatic heterocycles. The third-order valence-corrected chi connectivity index (χ3v) is 5.04. The number of nitrogens with zero attached hydrogens (tertiary/aromatic N) is 1. The number of hydrogen-bond acceptors (Lipinski definition) is 3. The molecule has 1 aliphatic heterocycles. The quantitative estimate of drug-likeness (QED) is 0.870. The number of likely N-dealkylation sites (N-methyl/N-ethyl adjacent to an activating group) is 1. The Bertz CT molecular complexity index is 429. The molecule has 0 aliphatic carbocycles. The van der Waals surface area contributed by atoms with Crippen molar-refractivity contribution >= 4 is 0 Å². The summed E-state index contributed by atoms with van der Waals surface area (Å²) in [5, 5.41) is 3.49. The second-order valence-corrected chi connectivity index (χ2v) is 6.57. The van der Waals surface area contributed by atoms with Gasteiger partial charge in [0.15, 0.2) is 0 Å². The van der Waals surface area contributed by atoms with Crippen LogP contribution < -0.4 is 10.1 Å². The van der Waals surface area contributed by atoms with Crippen molar-refractivity contribution < 1.29 is 4.74 Å². The zero-order valence-corrected chi connectivity index (χ0v) is 14.1. The lowest BCUT2D eigenvalue weighted by molar-refractivity contribution is 0.198. The molecule has 1 saturated heterocycles. The number of hydrogen-bond donors (Lipinski definition) is 1. The van der Waals surface area contributed by atoms with E-state index in [-0.39, 0.29) is 0 Å². The van der Waals surface area contributed by atoms with Crippen LogP contribution in [0.5, 0.6) is 5.75 Å². The predicted molar refractivity (Wildman–Crippen MR) is 88.8 cm³/mol. The van der Waals surface area contributed by atoms with Crippen LogP contribution in [0.15, 0.2) is 24.3 Å². The molecule has 0 amide bonds. The highest BCUT2D eigenvalue weighted by Crippen LogP contribution is 2.30. The normalized spacial score (nSPS) is 22.5. The van der Waals surface area contributed by atoms with E-state index >= 15 is 0 Å². The number of ether oxygens (including phenoxy) is 1. The van der Waals surface area contributed by atoms with E-state index in [1.807, 2.05) is 12.1 Å². The first-order valence-corrected chi connectivity index (χ1v) is 8.12. The maximum atomic E-state index is 5.25. The molecule has 0 saturated carbocycles. The molecule has 2 rings (SSSR count). The van der Waals surface area contributed by atoms with Crippen LogP contribution >= 0.6 is 0 Å². The SMILES string of the molecule is CNC(c1ccc(OC)cc1)C(C)N1CCC(C(C)C)C1. The zero-order valence-electron chi connectivity index (χ0n) is 14.1. The summed E-state index contributed by atoms with van der Waals surface area (Å²) in [6, 6.07) is 9.31. The highest BCUT2D eigenvalue weighted by Gasteiger charge is 2.31. The van der Waals surface area contributed by atoms with Crippen LogP contribution in [-0.4, -0.2) is 38.2 Å². The lowest BCUT2D eigenvalue weighted by Crippen LogP contribution is -2.41. The van der Waals surface area contributed by atoms with E-state index in [2.05, 4.69) is 50.2 Å². The van der Waals surface area contributed by atoms with E-state index in [4.69, 9.17) is 4.74 Å². The van der Waals surface area contributed by atoms with Gasteiger partial charge in [0.1, 0.15) is 5.75 Å². The van der Waals surface area contributed by atoms with Crippen molar-refractivity contribution in [2.75, 3.05) is 27.2 Å². The van der Waals surface area contributed by atoms with Gasteiger partial charge in [-0.25, -0.2) is 0 Å². The minimum atomic E-state index is 0.363. The third-order valence-electron chi connectivity index (χ3n) is 5.04. The number of rotatable bonds is 6. The Morgan fingerprint density at radius 3 is 2.33 bits per heavy atom. The van der Waals surface area contributed by atoms with Crippen LogP contribution in [0.25, 0.3) is 0 Å². The van der Waals surface area contributed by atoms with Crippen LogP contribution in [0.3, 0.4) is 0 Å². The fraction of sp³-hybridized carbons (Fsp3) is 0.667. The van der Waals surface area contributed by atoms with Crippen LogP contribution in [0, 0.1) is 11.8 Å².